The number of phenols is 1. The fourth-order valence-electron chi connectivity index (χ4n) is 7.54. The summed E-state index contributed by atoms with van der Waals surface area (Å²) < 4.78 is 0. The molecule has 1 amide bonds. The van der Waals surface area contributed by atoms with Gasteiger partial charge in [0.2, 0.25) is 5.91 Å². The van der Waals surface area contributed by atoms with Gasteiger partial charge in [0, 0.05) is 37.5 Å². The monoisotopic (exact) mass is 546 g/mol. The minimum atomic E-state index is -0.853. The second-order valence-electron chi connectivity index (χ2n) is 13.5. The standard InChI is InChI=1S/C35H50N2O3/c1-27(2)24-37(33(39)15-8-4-7-12-28-10-5-3-6-11-28)31-18-19-35(40)26-36(25-29-16-17-29)21-20-34(35,23-31)30-13-9-14-32(38)22-30/h3,5-6,9-11,13-14,22,27,29,31,38,40H,4,7-8,12,15-21,23-26H2,1-2H3/t31-,34+,35+/m0/s1. The average molecular weight is 547 g/mol. The van der Waals surface area contributed by atoms with Crippen LogP contribution >= 0.6 is 0 Å². The Balaban J connectivity index is 1.29. The molecule has 1 saturated heterocycles. The number of unbranched alkanes of at least 4 members (excludes halogenated alkanes) is 2. The van der Waals surface area contributed by atoms with E-state index in [1.54, 1.807) is 6.07 Å². The smallest absolute Gasteiger partial charge is 0.222 e. The molecule has 2 aromatic carbocycles. The van der Waals surface area contributed by atoms with Crippen molar-refractivity contribution >= 4 is 5.91 Å². The van der Waals surface area contributed by atoms with E-state index in [1.165, 1.54) is 18.4 Å². The number of carbonyl (C=O) groups is 1. The maximum Gasteiger partial charge on any atom is 0.222 e. The molecule has 0 unspecified atom stereocenters. The number of aryl methyl sites for hydroxylation is 1. The van der Waals surface area contributed by atoms with Crippen molar-refractivity contribution < 1.29 is 15.0 Å². The van der Waals surface area contributed by atoms with E-state index in [1.807, 2.05) is 12.1 Å². The van der Waals surface area contributed by atoms with Gasteiger partial charge < -0.3 is 20.0 Å². The lowest BCUT2D eigenvalue weighted by Crippen LogP contribution is -2.67. The van der Waals surface area contributed by atoms with Crippen LogP contribution in [0.5, 0.6) is 5.75 Å². The fraction of sp³-hybridized carbons (Fsp3) is 0.629. The number of hydrogen-bond donors (Lipinski definition) is 2. The third-order valence-electron chi connectivity index (χ3n) is 9.84. The molecule has 3 aliphatic rings. The van der Waals surface area contributed by atoms with Gasteiger partial charge in [0.1, 0.15) is 5.75 Å². The van der Waals surface area contributed by atoms with Gasteiger partial charge in [-0.2, -0.15) is 0 Å². The Morgan fingerprint density at radius 3 is 2.55 bits per heavy atom. The first-order valence-corrected chi connectivity index (χ1v) is 15.9. The van der Waals surface area contributed by atoms with Crippen LogP contribution in [0.4, 0.5) is 0 Å². The molecule has 0 aromatic heterocycles. The highest BCUT2D eigenvalue weighted by molar-refractivity contribution is 5.76. The Morgan fingerprint density at radius 1 is 1.02 bits per heavy atom. The van der Waals surface area contributed by atoms with E-state index in [2.05, 4.69) is 60.0 Å². The van der Waals surface area contributed by atoms with E-state index in [9.17, 15) is 15.0 Å². The van der Waals surface area contributed by atoms with Gasteiger partial charge in [-0.05, 0) is 99.4 Å². The van der Waals surface area contributed by atoms with Crippen LogP contribution in [0.3, 0.4) is 0 Å². The first kappa shape index (κ1) is 29.1. The van der Waals surface area contributed by atoms with Crippen LogP contribution in [0.15, 0.2) is 54.6 Å². The molecule has 0 bridgehead atoms. The number of benzene rings is 2. The lowest BCUT2D eigenvalue weighted by molar-refractivity contribution is -0.150. The molecule has 0 radical (unpaired) electrons. The van der Waals surface area contributed by atoms with Crippen molar-refractivity contribution in [1.82, 2.24) is 9.80 Å². The van der Waals surface area contributed by atoms with Gasteiger partial charge >= 0.3 is 0 Å². The Bertz CT molecular complexity index is 1120. The number of hydrogen-bond acceptors (Lipinski definition) is 4. The minimum absolute atomic E-state index is 0.108. The molecule has 40 heavy (non-hydrogen) atoms. The van der Waals surface area contributed by atoms with E-state index in [0.29, 0.717) is 25.3 Å². The van der Waals surface area contributed by atoms with Crippen LogP contribution in [0.25, 0.3) is 0 Å². The maximum absolute atomic E-state index is 13.7. The van der Waals surface area contributed by atoms with Crippen LogP contribution < -0.4 is 0 Å². The normalized spacial score (nSPS) is 26.9. The van der Waals surface area contributed by atoms with E-state index >= 15 is 0 Å². The number of piperidine rings is 1. The molecule has 3 atom stereocenters. The number of amides is 1. The molecule has 2 N–H and O–H groups in total. The third kappa shape index (κ3) is 6.74. The van der Waals surface area contributed by atoms with Gasteiger partial charge in [0.25, 0.3) is 0 Å². The van der Waals surface area contributed by atoms with Crippen molar-refractivity contribution in [1.29, 1.82) is 0 Å². The number of rotatable bonds is 12. The molecule has 3 fully saturated rings. The predicted molar refractivity (Wildman–Crippen MR) is 161 cm³/mol. The minimum Gasteiger partial charge on any atom is -0.508 e. The van der Waals surface area contributed by atoms with E-state index < -0.39 is 11.0 Å². The number of carbonyl (C=O) groups excluding carboxylic acids is 1. The van der Waals surface area contributed by atoms with Crippen molar-refractivity contribution in [3.8, 4) is 5.75 Å². The Kier molecular flexibility index (Phi) is 9.21. The van der Waals surface area contributed by atoms with Crippen LogP contribution in [0.2, 0.25) is 0 Å². The van der Waals surface area contributed by atoms with E-state index in [4.69, 9.17) is 0 Å². The van der Waals surface area contributed by atoms with Gasteiger partial charge in [-0.15, -0.1) is 0 Å². The second kappa shape index (κ2) is 12.7. The Labute approximate surface area is 241 Å². The van der Waals surface area contributed by atoms with Gasteiger partial charge in [0.05, 0.1) is 5.60 Å². The summed E-state index contributed by atoms with van der Waals surface area (Å²) in [7, 11) is 0. The molecule has 5 nitrogen and oxygen atoms in total. The third-order valence-corrected chi connectivity index (χ3v) is 9.84. The summed E-state index contributed by atoms with van der Waals surface area (Å²) in [6.07, 6.45) is 10.5. The first-order chi connectivity index (χ1) is 19.3. The van der Waals surface area contributed by atoms with E-state index in [0.717, 1.165) is 76.1 Å². The zero-order chi connectivity index (χ0) is 28.2. The number of phenolic OH excluding ortho intramolecular Hbond substituents is 1. The fourth-order valence-corrected chi connectivity index (χ4v) is 7.54. The molecule has 2 aromatic rings. The summed E-state index contributed by atoms with van der Waals surface area (Å²) >= 11 is 0. The number of aromatic hydroxyl groups is 1. The summed E-state index contributed by atoms with van der Waals surface area (Å²) in [6, 6.07) is 18.3. The molecule has 218 valence electrons. The number of likely N-dealkylation sites (tertiary alicyclic amines) is 1. The zero-order valence-corrected chi connectivity index (χ0v) is 24.7. The number of nitrogens with zero attached hydrogens (tertiary/aromatic N) is 2. The van der Waals surface area contributed by atoms with Crippen molar-refractivity contribution in [3.05, 3.63) is 65.7 Å². The van der Waals surface area contributed by atoms with Crippen molar-refractivity contribution in [3.63, 3.8) is 0 Å². The molecule has 2 aliphatic carbocycles. The topological polar surface area (TPSA) is 64.0 Å². The lowest BCUT2D eigenvalue weighted by atomic mass is 9.55. The van der Waals surface area contributed by atoms with Crippen LogP contribution in [-0.2, 0) is 16.6 Å². The molecular weight excluding hydrogens is 496 g/mol. The highest BCUT2D eigenvalue weighted by atomic mass is 16.3. The average Bonchev–Trinajstić information content (AvgIpc) is 3.75. The van der Waals surface area contributed by atoms with Gasteiger partial charge in [-0.1, -0.05) is 62.7 Å². The molecular formula is C35H50N2O3. The van der Waals surface area contributed by atoms with Crippen LogP contribution in [0.1, 0.15) is 89.2 Å². The van der Waals surface area contributed by atoms with Crippen LogP contribution in [0, 0.1) is 11.8 Å². The molecule has 5 heteroatoms. The lowest BCUT2D eigenvalue weighted by Gasteiger charge is -2.59. The number of fused-ring (bicyclic) bond motifs is 1. The highest BCUT2D eigenvalue weighted by Gasteiger charge is 2.58. The van der Waals surface area contributed by atoms with Crippen molar-refractivity contribution in [2.75, 3.05) is 26.2 Å². The quantitative estimate of drug-likeness (QED) is 0.306. The summed E-state index contributed by atoms with van der Waals surface area (Å²) in [5, 5.41) is 22.8. The highest BCUT2D eigenvalue weighted by Crippen LogP contribution is 2.53. The summed E-state index contributed by atoms with van der Waals surface area (Å²) in [5.74, 6) is 1.70. The molecule has 2 saturated carbocycles. The summed E-state index contributed by atoms with van der Waals surface area (Å²) in [6.45, 7) is 7.88. The number of β-amino-alcohol motifs (C(OH)–C–C–N with tert-alkyl or cyclic N) is 1. The molecule has 5 rings (SSSR count). The Hall–Kier alpha value is -2.37. The zero-order valence-electron chi connectivity index (χ0n) is 24.7. The predicted octanol–water partition coefficient (Wildman–Crippen LogP) is 6.32. The molecule has 1 heterocycles. The first-order valence-electron chi connectivity index (χ1n) is 15.9. The number of aliphatic hydroxyl groups is 1. The van der Waals surface area contributed by atoms with Gasteiger partial charge in [-0.3, -0.25) is 4.79 Å². The van der Waals surface area contributed by atoms with Crippen molar-refractivity contribution in [2.24, 2.45) is 11.8 Å². The van der Waals surface area contributed by atoms with Crippen LogP contribution in [-0.4, -0.2) is 63.7 Å². The summed E-state index contributed by atoms with van der Waals surface area (Å²) in [5.41, 5.74) is 1.09. The maximum atomic E-state index is 13.7. The summed E-state index contributed by atoms with van der Waals surface area (Å²) in [4.78, 5) is 18.4. The Morgan fingerprint density at radius 2 is 1.82 bits per heavy atom. The van der Waals surface area contributed by atoms with Gasteiger partial charge in [-0.25, -0.2) is 0 Å². The van der Waals surface area contributed by atoms with Crippen molar-refractivity contribution in [2.45, 2.75) is 102 Å². The molecule has 0 spiro atoms. The SMILES string of the molecule is CC(C)CN(C(=O)CCCCCc1ccccc1)[C@H]1CC[C@@]2(O)CN(CC3CC3)CC[C@]2(c2cccc(O)c2)C1. The van der Waals surface area contributed by atoms with E-state index in [-0.39, 0.29) is 17.7 Å². The molecule has 1 aliphatic heterocycles. The van der Waals surface area contributed by atoms with Gasteiger partial charge in [0.15, 0.2) is 0 Å². The second-order valence-corrected chi connectivity index (χ2v) is 13.5. The largest absolute Gasteiger partial charge is 0.508 e.